The lowest BCUT2D eigenvalue weighted by atomic mass is 10.2. The summed E-state index contributed by atoms with van der Waals surface area (Å²) in [5, 5.41) is 41.5. The van der Waals surface area contributed by atoms with E-state index in [1.807, 2.05) is 0 Å². The minimum absolute atomic E-state index is 0.0231. The minimum Gasteiger partial charge on any atom is -0.481 e. The zero-order valence-corrected chi connectivity index (χ0v) is 8.62. The first-order valence-electron chi connectivity index (χ1n) is 4.16. The summed E-state index contributed by atoms with van der Waals surface area (Å²) in [4.78, 5) is 19.9. The summed E-state index contributed by atoms with van der Waals surface area (Å²) in [6.45, 7) is 0. The molecule has 9 nitrogen and oxygen atoms in total. The van der Waals surface area contributed by atoms with Crippen LogP contribution in [0, 0.1) is 0 Å². The van der Waals surface area contributed by atoms with Gasteiger partial charge in [-0.1, -0.05) is 0 Å². The Morgan fingerprint density at radius 2 is 1.69 bits per heavy atom. The monoisotopic (exact) mass is 240 g/mol. The van der Waals surface area contributed by atoms with Crippen LogP contribution in [0.5, 0.6) is 0 Å². The van der Waals surface area contributed by atoms with Gasteiger partial charge in [0.25, 0.3) is 0 Å². The molecule has 16 heavy (non-hydrogen) atoms. The van der Waals surface area contributed by atoms with Crippen molar-refractivity contribution in [1.82, 2.24) is 5.32 Å². The van der Waals surface area contributed by atoms with Crippen LogP contribution in [-0.4, -0.2) is 56.7 Å². The van der Waals surface area contributed by atoms with E-state index in [1.54, 1.807) is 5.32 Å². The predicted octanol–water partition coefficient (Wildman–Crippen LogP) is -2.94. The number of carbonyl (C=O) groups is 2. The number of aliphatic carboxylic acids is 2. The Morgan fingerprint density at radius 1 is 1.31 bits per heavy atom. The largest absolute Gasteiger partial charge is 0.481 e. The van der Waals surface area contributed by atoms with Crippen LogP contribution in [-0.2, 0) is 9.59 Å². The molecule has 96 valence electrons. The van der Waals surface area contributed by atoms with Gasteiger partial charge in [-0.3, -0.25) is 9.59 Å². The molecule has 0 heterocycles. The molecule has 1 unspecified atom stereocenters. The van der Waals surface area contributed by atoms with E-state index < -0.39 is 24.1 Å². The third-order valence-corrected chi connectivity index (χ3v) is 1.32. The van der Waals surface area contributed by atoms with Crippen molar-refractivity contribution in [2.45, 2.75) is 25.0 Å². The second kappa shape index (κ2) is 7.96. The highest BCUT2D eigenvalue weighted by molar-refractivity contribution is 5.74. The van der Waals surface area contributed by atoms with Crippen LogP contribution in [0.4, 0.5) is 0 Å². The number of hydrogen-bond donors (Lipinski definition) is 7. The molecular weight excluding hydrogens is 224 g/mol. The molecule has 0 aliphatic carbocycles. The lowest BCUT2D eigenvalue weighted by molar-refractivity contribution is -0.328. The van der Waals surface area contributed by atoms with Crippen molar-refractivity contribution in [2.24, 2.45) is 5.73 Å². The topological polar surface area (TPSA) is 173 Å². The maximum atomic E-state index is 9.99. The maximum Gasteiger partial charge on any atom is 0.342 e. The first-order valence-corrected chi connectivity index (χ1v) is 4.16. The van der Waals surface area contributed by atoms with Gasteiger partial charge in [0.15, 0.2) is 0 Å². The average molecular weight is 240 g/mol. The van der Waals surface area contributed by atoms with Crippen molar-refractivity contribution in [3.8, 4) is 0 Å². The number of nitrogens with one attached hydrogen (secondary N) is 1. The third kappa shape index (κ3) is 15.2. The first-order chi connectivity index (χ1) is 7.10. The lowest BCUT2D eigenvalue weighted by Gasteiger charge is -2.09. The molecule has 0 radical (unpaired) electrons. The number of rotatable bonds is 5. The second-order valence-corrected chi connectivity index (χ2v) is 2.76. The SMILES string of the molecule is CNC(O)(O)O.NC(CCC(=O)O)C(=O)O. The molecule has 0 aromatic heterocycles. The van der Waals surface area contributed by atoms with E-state index in [0.717, 1.165) is 0 Å². The van der Waals surface area contributed by atoms with E-state index in [4.69, 9.17) is 31.3 Å². The van der Waals surface area contributed by atoms with Crippen molar-refractivity contribution in [2.75, 3.05) is 7.05 Å². The van der Waals surface area contributed by atoms with Crippen LogP contribution in [0.1, 0.15) is 12.8 Å². The number of carboxylic acids is 2. The summed E-state index contributed by atoms with van der Waals surface area (Å²) < 4.78 is 0. The molecule has 0 saturated heterocycles. The van der Waals surface area contributed by atoms with Crippen molar-refractivity contribution in [3.05, 3.63) is 0 Å². The van der Waals surface area contributed by atoms with Crippen LogP contribution in [0.25, 0.3) is 0 Å². The van der Waals surface area contributed by atoms with E-state index in [9.17, 15) is 9.59 Å². The summed E-state index contributed by atoms with van der Waals surface area (Å²) >= 11 is 0. The number of aliphatic hydroxyl groups is 3. The fourth-order valence-electron chi connectivity index (χ4n) is 0.402. The summed E-state index contributed by atoms with van der Waals surface area (Å²) in [5.41, 5.74) is 5.00. The zero-order valence-electron chi connectivity index (χ0n) is 8.62. The summed E-state index contributed by atoms with van der Waals surface area (Å²) in [5.74, 6) is -2.20. The molecule has 0 fully saturated rings. The Labute approximate surface area is 91.1 Å². The van der Waals surface area contributed by atoms with Gasteiger partial charge in [0.1, 0.15) is 6.04 Å². The van der Waals surface area contributed by atoms with E-state index in [0.29, 0.717) is 0 Å². The third-order valence-electron chi connectivity index (χ3n) is 1.32. The highest BCUT2D eigenvalue weighted by atomic mass is 16.7. The Kier molecular flexibility index (Phi) is 8.53. The van der Waals surface area contributed by atoms with Gasteiger partial charge in [0, 0.05) is 6.42 Å². The summed E-state index contributed by atoms with van der Waals surface area (Å²) in [6, 6.07) is -1.06. The summed E-state index contributed by atoms with van der Waals surface area (Å²) in [6.07, 6.45) is -2.93. The predicted molar refractivity (Wildman–Crippen MR) is 50.9 cm³/mol. The van der Waals surface area contributed by atoms with Crippen LogP contribution in [0.3, 0.4) is 0 Å². The minimum atomic E-state index is -2.71. The molecule has 0 aliphatic rings. The number of carboxylic acid groups (broad SMARTS) is 2. The van der Waals surface area contributed by atoms with Crippen LogP contribution in [0.15, 0.2) is 0 Å². The smallest absolute Gasteiger partial charge is 0.342 e. The first kappa shape index (κ1) is 17.1. The van der Waals surface area contributed by atoms with Gasteiger partial charge in [0.2, 0.25) is 0 Å². The molecule has 0 aliphatic heterocycles. The molecule has 0 rings (SSSR count). The quantitative estimate of drug-likeness (QED) is 0.248. The van der Waals surface area contributed by atoms with Gasteiger partial charge in [0.05, 0.1) is 0 Å². The molecule has 0 aromatic carbocycles. The fourth-order valence-corrected chi connectivity index (χ4v) is 0.402. The molecule has 8 N–H and O–H groups in total. The van der Waals surface area contributed by atoms with Crippen molar-refractivity contribution in [3.63, 3.8) is 0 Å². The van der Waals surface area contributed by atoms with E-state index in [1.165, 1.54) is 7.05 Å². The van der Waals surface area contributed by atoms with Gasteiger partial charge in [-0.25, -0.2) is 5.32 Å². The van der Waals surface area contributed by atoms with Crippen LogP contribution in [0.2, 0.25) is 0 Å². The second-order valence-electron chi connectivity index (χ2n) is 2.76. The Bertz CT molecular complexity index is 225. The molecule has 1 atom stereocenters. The molecule has 0 spiro atoms. The molecule has 9 heteroatoms. The maximum absolute atomic E-state index is 9.99. The molecule has 0 amide bonds. The Hall–Kier alpha value is -1.26. The van der Waals surface area contributed by atoms with Gasteiger partial charge < -0.3 is 31.3 Å². The molecule has 0 saturated carbocycles. The number of nitrogens with two attached hydrogens (primary N) is 1. The highest BCUT2D eigenvalue weighted by Crippen LogP contribution is 1.93. The normalized spacial score (nSPS) is 12.3. The van der Waals surface area contributed by atoms with Crippen molar-refractivity contribution >= 4 is 11.9 Å². The Balaban J connectivity index is 0. The van der Waals surface area contributed by atoms with Crippen molar-refractivity contribution in [1.29, 1.82) is 0 Å². The molecular formula is C7H16N2O7. The fraction of sp³-hybridized carbons (Fsp3) is 0.714. The number of hydrogen-bond acceptors (Lipinski definition) is 7. The van der Waals surface area contributed by atoms with E-state index in [-0.39, 0.29) is 12.8 Å². The summed E-state index contributed by atoms with van der Waals surface area (Å²) in [7, 11) is 1.21. The average Bonchev–Trinajstić information content (AvgIpc) is 2.13. The van der Waals surface area contributed by atoms with Gasteiger partial charge in [-0.15, -0.1) is 0 Å². The van der Waals surface area contributed by atoms with Crippen LogP contribution < -0.4 is 11.1 Å². The standard InChI is InChI=1S/C5H9NO4.C2H7NO3/c6-3(5(9)10)1-2-4(7)8;1-3-2(4,5)6/h3H,1-2,6H2,(H,7,8)(H,9,10);3-6H,1H3. The Morgan fingerprint density at radius 3 is 1.88 bits per heavy atom. The molecule has 0 bridgehead atoms. The van der Waals surface area contributed by atoms with E-state index >= 15 is 0 Å². The lowest BCUT2D eigenvalue weighted by Crippen LogP contribution is -2.41. The molecule has 0 aromatic rings. The van der Waals surface area contributed by atoms with E-state index in [2.05, 4.69) is 0 Å². The van der Waals surface area contributed by atoms with Crippen LogP contribution >= 0.6 is 0 Å². The van der Waals surface area contributed by atoms with Gasteiger partial charge in [-0.05, 0) is 13.5 Å². The van der Waals surface area contributed by atoms with Gasteiger partial charge in [-0.2, -0.15) is 0 Å². The zero-order chi connectivity index (χ0) is 13.4. The van der Waals surface area contributed by atoms with Crippen molar-refractivity contribution < 1.29 is 35.1 Å². The van der Waals surface area contributed by atoms with Gasteiger partial charge >= 0.3 is 18.0 Å². The highest BCUT2D eigenvalue weighted by Gasteiger charge is 2.12.